The van der Waals surface area contributed by atoms with Crippen LogP contribution in [0.4, 0.5) is 0 Å². The molecule has 2 rings (SSSR count). The molecular weight excluding hydrogens is 236 g/mol. The highest BCUT2D eigenvalue weighted by Gasteiger charge is 2.17. The molecule has 17 heavy (non-hydrogen) atoms. The molecule has 1 aliphatic carbocycles. The maximum Gasteiger partial charge on any atom is 0.221 e. The molecule has 0 bridgehead atoms. The van der Waals surface area contributed by atoms with Crippen LogP contribution in [0.25, 0.3) is 0 Å². The van der Waals surface area contributed by atoms with Crippen LogP contribution >= 0.6 is 11.6 Å². The molecular formula is C13H19ClN2O. The Morgan fingerprint density at radius 1 is 1.35 bits per heavy atom. The molecule has 1 saturated carbocycles. The maximum absolute atomic E-state index is 6.07. The zero-order valence-electron chi connectivity index (χ0n) is 10.3. The van der Waals surface area contributed by atoms with Gasteiger partial charge in [-0.2, -0.15) is 0 Å². The quantitative estimate of drug-likeness (QED) is 0.753. The second-order valence-electron chi connectivity index (χ2n) is 4.66. The monoisotopic (exact) mass is 254 g/mol. The highest BCUT2D eigenvalue weighted by molar-refractivity contribution is 6.30. The third-order valence-corrected chi connectivity index (χ3v) is 3.61. The minimum absolute atomic E-state index is 0.531. The average Bonchev–Trinajstić information content (AvgIpc) is 2.83. The van der Waals surface area contributed by atoms with Gasteiger partial charge in [0.15, 0.2) is 0 Å². The molecule has 94 valence electrons. The summed E-state index contributed by atoms with van der Waals surface area (Å²) in [6.07, 6.45) is 8.60. The normalized spacial score (nSPS) is 16.4. The van der Waals surface area contributed by atoms with E-state index in [0.717, 1.165) is 25.0 Å². The van der Waals surface area contributed by atoms with Gasteiger partial charge >= 0.3 is 0 Å². The largest absolute Gasteiger partial charge is 0.477 e. The second kappa shape index (κ2) is 6.20. The summed E-state index contributed by atoms with van der Waals surface area (Å²) in [5, 5.41) is 0.531. The SMILES string of the molecule is CCCc1c(Cl)ncnc1OCC1CCCC1. The Labute approximate surface area is 108 Å². The van der Waals surface area contributed by atoms with Crippen LogP contribution in [0.2, 0.25) is 5.15 Å². The van der Waals surface area contributed by atoms with Crippen LogP contribution in [-0.4, -0.2) is 16.6 Å². The van der Waals surface area contributed by atoms with E-state index in [2.05, 4.69) is 16.9 Å². The number of nitrogens with zero attached hydrogens (tertiary/aromatic N) is 2. The number of hydrogen-bond donors (Lipinski definition) is 0. The van der Waals surface area contributed by atoms with Gasteiger partial charge in [0.05, 0.1) is 12.2 Å². The first kappa shape index (κ1) is 12.6. The first-order chi connectivity index (χ1) is 8.31. The van der Waals surface area contributed by atoms with Gasteiger partial charge in [0, 0.05) is 0 Å². The molecule has 1 fully saturated rings. The van der Waals surface area contributed by atoms with Gasteiger partial charge < -0.3 is 4.74 Å². The van der Waals surface area contributed by atoms with E-state index in [1.54, 1.807) is 0 Å². The molecule has 1 heterocycles. The third kappa shape index (κ3) is 3.32. The summed E-state index contributed by atoms with van der Waals surface area (Å²) < 4.78 is 5.82. The van der Waals surface area contributed by atoms with E-state index in [-0.39, 0.29) is 0 Å². The summed E-state index contributed by atoms with van der Waals surface area (Å²) in [4.78, 5) is 8.21. The van der Waals surface area contributed by atoms with Gasteiger partial charge in [0.1, 0.15) is 11.5 Å². The van der Waals surface area contributed by atoms with Crippen molar-refractivity contribution in [1.29, 1.82) is 0 Å². The Hall–Kier alpha value is -0.830. The van der Waals surface area contributed by atoms with E-state index in [9.17, 15) is 0 Å². The minimum Gasteiger partial charge on any atom is -0.477 e. The Kier molecular flexibility index (Phi) is 4.60. The molecule has 4 heteroatoms. The molecule has 1 aliphatic rings. The number of aromatic nitrogens is 2. The third-order valence-electron chi connectivity index (χ3n) is 3.28. The van der Waals surface area contributed by atoms with E-state index >= 15 is 0 Å². The van der Waals surface area contributed by atoms with Crippen molar-refractivity contribution in [2.75, 3.05) is 6.61 Å². The van der Waals surface area contributed by atoms with Gasteiger partial charge in [-0.1, -0.05) is 37.8 Å². The summed E-state index contributed by atoms with van der Waals surface area (Å²) >= 11 is 6.07. The number of rotatable bonds is 5. The topological polar surface area (TPSA) is 35.0 Å². The lowest BCUT2D eigenvalue weighted by Gasteiger charge is -2.13. The van der Waals surface area contributed by atoms with Crippen molar-refractivity contribution < 1.29 is 4.74 Å². The van der Waals surface area contributed by atoms with Gasteiger partial charge in [-0.05, 0) is 25.2 Å². The molecule has 0 aliphatic heterocycles. The van der Waals surface area contributed by atoms with E-state index < -0.39 is 0 Å². The summed E-state index contributed by atoms with van der Waals surface area (Å²) in [6, 6.07) is 0. The molecule has 0 amide bonds. The van der Waals surface area contributed by atoms with Gasteiger partial charge in [0.25, 0.3) is 0 Å². The van der Waals surface area contributed by atoms with Crippen LogP contribution in [0, 0.1) is 5.92 Å². The van der Waals surface area contributed by atoms with E-state index in [4.69, 9.17) is 16.3 Å². The van der Waals surface area contributed by atoms with Crippen LogP contribution < -0.4 is 4.74 Å². The fourth-order valence-corrected chi connectivity index (χ4v) is 2.55. The highest BCUT2D eigenvalue weighted by Crippen LogP contribution is 2.27. The lowest BCUT2D eigenvalue weighted by molar-refractivity contribution is 0.240. The molecule has 0 radical (unpaired) electrons. The van der Waals surface area contributed by atoms with Crippen molar-refractivity contribution in [2.24, 2.45) is 5.92 Å². The lowest BCUT2D eigenvalue weighted by Crippen LogP contribution is -2.10. The molecule has 3 nitrogen and oxygen atoms in total. The van der Waals surface area contributed by atoms with Gasteiger partial charge in [0.2, 0.25) is 5.88 Å². The van der Waals surface area contributed by atoms with Crippen molar-refractivity contribution in [3.63, 3.8) is 0 Å². The maximum atomic E-state index is 6.07. The summed E-state index contributed by atoms with van der Waals surface area (Å²) in [5.74, 6) is 1.37. The van der Waals surface area contributed by atoms with Crippen LogP contribution in [-0.2, 0) is 6.42 Å². The standard InChI is InChI=1S/C13H19ClN2O/c1-2-5-11-12(14)15-9-16-13(11)17-8-10-6-3-4-7-10/h9-10H,2-8H2,1H3. The van der Waals surface area contributed by atoms with Crippen LogP contribution in [0.15, 0.2) is 6.33 Å². The molecule has 1 aromatic rings. The van der Waals surface area contributed by atoms with E-state index in [1.807, 2.05) is 0 Å². The zero-order chi connectivity index (χ0) is 12.1. The Balaban J connectivity index is 2.00. The first-order valence-corrected chi connectivity index (χ1v) is 6.81. The van der Waals surface area contributed by atoms with Crippen LogP contribution in [0.3, 0.4) is 0 Å². The van der Waals surface area contributed by atoms with Gasteiger partial charge in [-0.15, -0.1) is 0 Å². The number of hydrogen-bond acceptors (Lipinski definition) is 3. The van der Waals surface area contributed by atoms with Gasteiger partial charge in [-0.3, -0.25) is 0 Å². The number of ether oxygens (including phenoxy) is 1. The van der Waals surface area contributed by atoms with Crippen molar-refractivity contribution in [1.82, 2.24) is 9.97 Å². The van der Waals surface area contributed by atoms with Crippen LogP contribution in [0.1, 0.15) is 44.6 Å². The van der Waals surface area contributed by atoms with Gasteiger partial charge in [-0.25, -0.2) is 9.97 Å². The minimum atomic E-state index is 0.531. The molecule has 0 atom stereocenters. The fraction of sp³-hybridized carbons (Fsp3) is 0.692. The molecule has 0 unspecified atom stereocenters. The van der Waals surface area contributed by atoms with Crippen molar-refractivity contribution in [3.05, 3.63) is 17.0 Å². The summed E-state index contributed by atoms with van der Waals surface area (Å²) in [6.45, 7) is 2.88. The Bertz CT molecular complexity index is 364. The Morgan fingerprint density at radius 3 is 2.82 bits per heavy atom. The van der Waals surface area contributed by atoms with E-state index in [0.29, 0.717) is 17.0 Å². The lowest BCUT2D eigenvalue weighted by atomic mass is 10.1. The van der Waals surface area contributed by atoms with Crippen molar-refractivity contribution in [2.45, 2.75) is 45.4 Å². The molecule has 0 aromatic carbocycles. The molecule has 1 aromatic heterocycles. The predicted octanol–water partition coefficient (Wildman–Crippen LogP) is 3.65. The number of halogens is 1. The van der Waals surface area contributed by atoms with E-state index in [1.165, 1.54) is 32.0 Å². The van der Waals surface area contributed by atoms with Crippen molar-refractivity contribution in [3.8, 4) is 5.88 Å². The zero-order valence-corrected chi connectivity index (χ0v) is 11.0. The molecule has 0 spiro atoms. The fourth-order valence-electron chi connectivity index (χ4n) is 2.33. The van der Waals surface area contributed by atoms with Crippen molar-refractivity contribution >= 4 is 11.6 Å². The summed E-state index contributed by atoms with van der Waals surface area (Å²) in [7, 11) is 0. The average molecular weight is 255 g/mol. The highest BCUT2D eigenvalue weighted by atomic mass is 35.5. The molecule has 0 saturated heterocycles. The van der Waals surface area contributed by atoms with Crippen LogP contribution in [0.5, 0.6) is 5.88 Å². The summed E-state index contributed by atoms with van der Waals surface area (Å²) in [5.41, 5.74) is 0.953. The first-order valence-electron chi connectivity index (χ1n) is 6.43. The Morgan fingerprint density at radius 2 is 2.12 bits per heavy atom. The predicted molar refractivity (Wildman–Crippen MR) is 68.5 cm³/mol. The molecule has 0 N–H and O–H groups in total. The second-order valence-corrected chi connectivity index (χ2v) is 5.02. The smallest absolute Gasteiger partial charge is 0.221 e.